The quantitative estimate of drug-likeness (QED) is 0.751. The summed E-state index contributed by atoms with van der Waals surface area (Å²) >= 11 is 0. The molecule has 1 fully saturated rings. The molecule has 0 spiro atoms. The van der Waals surface area contributed by atoms with Gasteiger partial charge in [-0.2, -0.15) is 0 Å². The molecule has 2 N–H and O–H groups in total. The van der Waals surface area contributed by atoms with E-state index in [0.29, 0.717) is 5.41 Å². The molecule has 2 aliphatic rings. The van der Waals surface area contributed by atoms with Gasteiger partial charge in [0.25, 0.3) is 0 Å². The fourth-order valence-corrected chi connectivity index (χ4v) is 3.65. The van der Waals surface area contributed by atoms with Crippen LogP contribution in [0.3, 0.4) is 0 Å². The normalized spacial score (nSPS) is 27.3. The first-order valence-electron chi connectivity index (χ1n) is 6.67. The molecule has 1 saturated carbocycles. The Hall–Kier alpha value is -1.02. The third-order valence-electron chi connectivity index (χ3n) is 4.62. The Kier molecular flexibility index (Phi) is 2.44. The Labute approximate surface area is 104 Å². The molecule has 1 aliphatic heterocycles. The molecular formula is C15H22N2. The Morgan fingerprint density at radius 1 is 1.24 bits per heavy atom. The van der Waals surface area contributed by atoms with Gasteiger partial charge in [0.1, 0.15) is 0 Å². The predicted octanol–water partition coefficient (Wildman–Crippen LogP) is 3.16. The van der Waals surface area contributed by atoms with Crippen molar-refractivity contribution >= 4 is 5.69 Å². The summed E-state index contributed by atoms with van der Waals surface area (Å²) in [5.74, 6) is 0. The SMILES string of the molecule is CC1(C)CCCC1N1Cc2ccc(N)cc2C1. The average Bonchev–Trinajstić information content (AvgIpc) is 2.79. The van der Waals surface area contributed by atoms with E-state index in [9.17, 15) is 0 Å². The van der Waals surface area contributed by atoms with Gasteiger partial charge in [-0.15, -0.1) is 0 Å². The second-order valence-electron chi connectivity index (χ2n) is 6.33. The van der Waals surface area contributed by atoms with E-state index in [1.54, 1.807) is 0 Å². The maximum atomic E-state index is 5.86. The van der Waals surface area contributed by atoms with Gasteiger partial charge in [0.15, 0.2) is 0 Å². The van der Waals surface area contributed by atoms with Gasteiger partial charge in [0, 0.05) is 24.8 Å². The number of fused-ring (bicyclic) bond motifs is 1. The summed E-state index contributed by atoms with van der Waals surface area (Å²) in [4.78, 5) is 2.65. The molecule has 0 saturated heterocycles. The van der Waals surface area contributed by atoms with E-state index in [1.165, 1.54) is 30.4 Å². The molecule has 2 heteroatoms. The Morgan fingerprint density at radius 2 is 2.00 bits per heavy atom. The highest BCUT2D eigenvalue weighted by Crippen LogP contribution is 2.43. The lowest BCUT2D eigenvalue weighted by Crippen LogP contribution is -2.38. The maximum Gasteiger partial charge on any atom is 0.0317 e. The summed E-state index contributed by atoms with van der Waals surface area (Å²) in [6.07, 6.45) is 4.11. The lowest BCUT2D eigenvalue weighted by atomic mass is 9.86. The molecule has 92 valence electrons. The molecule has 1 unspecified atom stereocenters. The van der Waals surface area contributed by atoms with Crippen LogP contribution in [-0.2, 0) is 13.1 Å². The predicted molar refractivity (Wildman–Crippen MR) is 71.5 cm³/mol. The minimum Gasteiger partial charge on any atom is -0.399 e. The molecule has 3 rings (SSSR count). The van der Waals surface area contributed by atoms with Crippen LogP contribution in [0.1, 0.15) is 44.2 Å². The number of nitrogens with zero attached hydrogens (tertiary/aromatic N) is 1. The van der Waals surface area contributed by atoms with Gasteiger partial charge >= 0.3 is 0 Å². The van der Waals surface area contributed by atoms with E-state index in [1.807, 2.05) is 6.07 Å². The van der Waals surface area contributed by atoms with Crippen molar-refractivity contribution in [1.82, 2.24) is 4.90 Å². The first-order valence-corrected chi connectivity index (χ1v) is 6.67. The van der Waals surface area contributed by atoms with Crippen LogP contribution in [-0.4, -0.2) is 10.9 Å². The molecule has 0 amide bonds. The summed E-state index contributed by atoms with van der Waals surface area (Å²) in [6.45, 7) is 7.04. The lowest BCUT2D eigenvalue weighted by molar-refractivity contribution is 0.111. The van der Waals surface area contributed by atoms with Gasteiger partial charge in [0.05, 0.1) is 0 Å². The molecule has 0 radical (unpaired) electrons. The van der Waals surface area contributed by atoms with Crippen LogP contribution < -0.4 is 5.73 Å². The molecule has 17 heavy (non-hydrogen) atoms. The maximum absolute atomic E-state index is 5.86. The monoisotopic (exact) mass is 230 g/mol. The summed E-state index contributed by atoms with van der Waals surface area (Å²) in [5.41, 5.74) is 10.2. The third kappa shape index (κ3) is 1.85. The van der Waals surface area contributed by atoms with Crippen LogP contribution in [0.5, 0.6) is 0 Å². The molecule has 2 nitrogen and oxygen atoms in total. The van der Waals surface area contributed by atoms with Crippen molar-refractivity contribution in [2.75, 3.05) is 5.73 Å². The largest absolute Gasteiger partial charge is 0.399 e. The molecular weight excluding hydrogens is 208 g/mol. The summed E-state index contributed by atoms with van der Waals surface area (Å²) in [7, 11) is 0. The zero-order valence-corrected chi connectivity index (χ0v) is 10.9. The van der Waals surface area contributed by atoms with Crippen LogP contribution in [0.4, 0.5) is 5.69 Å². The van der Waals surface area contributed by atoms with Crippen LogP contribution >= 0.6 is 0 Å². The average molecular weight is 230 g/mol. The van der Waals surface area contributed by atoms with E-state index >= 15 is 0 Å². The van der Waals surface area contributed by atoms with Gasteiger partial charge in [-0.3, -0.25) is 4.90 Å². The van der Waals surface area contributed by atoms with Gasteiger partial charge in [-0.25, -0.2) is 0 Å². The van der Waals surface area contributed by atoms with Gasteiger partial charge in [0.2, 0.25) is 0 Å². The molecule has 1 aliphatic carbocycles. The fourth-order valence-electron chi connectivity index (χ4n) is 3.65. The van der Waals surface area contributed by atoms with Crippen molar-refractivity contribution in [3.8, 4) is 0 Å². The van der Waals surface area contributed by atoms with Gasteiger partial charge in [-0.05, 0) is 41.5 Å². The highest BCUT2D eigenvalue weighted by atomic mass is 15.2. The van der Waals surface area contributed by atoms with E-state index in [2.05, 4.69) is 30.9 Å². The minimum atomic E-state index is 0.480. The number of hydrogen-bond acceptors (Lipinski definition) is 2. The zero-order chi connectivity index (χ0) is 12.0. The van der Waals surface area contributed by atoms with E-state index in [0.717, 1.165) is 24.8 Å². The number of hydrogen-bond donors (Lipinski definition) is 1. The van der Waals surface area contributed by atoms with Crippen LogP contribution in [0.15, 0.2) is 18.2 Å². The van der Waals surface area contributed by atoms with Crippen molar-refractivity contribution in [1.29, 1.82) is 0 Å². The Bertz CT molecular complexity index is 437. The van der Waals surface area contributed by atoms with Crippen molar-refractivity contribution in [2.45, 2.75) is 52.2 Å². The number of rotatable bonds is 1. The zero-order valence-electron chi connectivity index (χ0n) is 10.9. The van der Waals surface area contributed by atoms with Crippen LogP contribution in [0.2, 0.25) is 0 Å². The first kappa shape index (κ1) is 11.1. The smallest absolute Gasteiger partial charge is 0.0317 e. The topological polar surface area (TPSA) is 29.3 Å². The minimum absolute atomic E-state index is 0.480. The number of nitrogen functional groups attached to an aromatic ring is 1. The van der Waals surface area contributed by atoms with E-state index in [4.69, 9.17) is 5.73 Å². The number of anilines is 1. The first-order chi connectivity index (χ1) is 8.06. The van der Waals surface area contributed by atoms with E-state index in [-0.39, 0.29) is 0 Å². The van der Waals surface area contributed by atoms with Crippen molar-refractivity contribution < 1.29 is 0 Å². The highest BCUT2D eigenvalue weighted by molar-refractivity contribution is 5.46. The summed E-state index contributed by atoms with van der Waals surface area (Å²) in [6, 6.07) is 7.13. The third-order valence-corrected chi connectivity index (χ3v) is 4.62. The van der Waals surface area contributed by atoms with Crippen molar-refractivity contribution in [3.05, 3.63) is 29.3 Å². The van der Waals surface area contributed by atoms with Crippen molar-refractivity contribution in [2.24, 2.45) is 5.41 Å². The summed E-state index contributed by atoms with van der Waals surface area (Å²) in [5, 5.41) is 0. The molecule has 1 atom stereocenters. The number of benzene rings is 1. The van der Waals surface area contributed by atoms with Crippen LogP contribution in [0, 0.1) is 5.41 Å². The second-order valence-corrected chi connectivity index (χ2v) is 6.33. The van der Waals surface area contributed by atoms with Gasteiger partial charge in [-0.1, -0.05) is 26.3 Å². The van der Waals surface area contributed by atoms with E-state index < -0.39 is 0 Å². The molecule has 1 aromatic carbocycles. The fraction of sp³-hybridized carbons (Fsp3) is 0.600. The molecule has 0 bridgehead atoms. The number of nitrogens with two attached hydrogens (primary N) is 1. The lowest BCUT2D eigenvalue weighted by Gasteiger charge is -2.34. The Balaban J connectivity index is 1.82. The molecule has 1 aromatic rings. The Morgan fingerprint density at radius 3 is 2.71 bits per heavy atom. The van der Waals surface area contributed by atoms with Crippen molar-refractivity contribution in [3.63, 3.8) is 0 Å². The molecule has 0 aromatic heterocycles. The van der Waals surface area contributed by atoms with Crippen LogP contribution in [0.25, 0.3) is 0 Å². The molecule has 1 heterocycles. The highest BCUT2D eigenvalue weighted by Gasteiger charge is 2.39. The second kappa shape index (κ2) is 3.74. The standard InChI is InChI=1S/C15H22N2/c1-15(2)7-3-4-14(15)17-9-11-5-6-13(16)8-12(11)10-17/h5-6,8,14H,3-4,7,9-10,16H2,1-2H3. The van der Waals surface area contributed by atoms with Gasteiger partial charge < -0.3 is 5.73 Å². The summed E-state index contributed by atoms with van der Waals surface area (Å²) < 4.78 is 0.